The van der Waals surface area contributed by atoms with Gasteiger partial charge in [-0.3, -0.25) is 9.58 Å². The quantitative estimate of drug-likeness (QED) is 0.639. The van der Waals surface area contributed by atoms with Gasteiger partial charge in [0.15, 0.2) is 5.82 Å². The summed E-state index contributed by atoms with van der Waals surface area (Å²) in [6.45, 7) is 9.95. The number of imidazole rings is 1. The molecule has 144 valence electrons. The van der Waals surface area contributed by atoms with Gasteiger partial charge in [-0.05, 0) is 45.8 Å². The van der Waals surface area contributed by atoms with Crippen LogP contribution in [-0.4, -0.2) is 52.1 Å². The van der Waals surface area contributed by atoms with Crippen LogP contribution >= 0.6 is 0 Å². The minimum atomic E-state index is 0.478. The highest BCUT2D eigenvalue weighted by atomic mass is 15.3. The van der Waals surface area contributed by atoms with E-state index in [1.165, 1.54) is 0 Å². The van der Waals surface area contributed by atoms with E-state index in [-0.39, 0.29) is 0 Å². The summed E-state index contributed by atoms with van der Waals surface area (Å²) < 4.78 is 6.39. The second-order valence-electron chi connectivity index (χ2n) is 7.10. The normalized spacial score (nSPS) is 16.2. The van der Waals surface area contributed by atoms with Gasteiger partial charge in [0.1, 0.15) is 18.2 Å². The number of likely N-dealkylation sites (tertiary alicyclic amines) is 1. The van der Waals surface area contributed by atoms with Gasteiger partial charge in [-0.15, -0.1) is 10.2 Å². The highest BCUT2D eigenvalue weighted by Crippen LogP contribution is 2.28. The van der Waals surface area contributed by atoms with Crippen LogP contribution in [0.3, 0.4) is 0 Å². The van der Waals surface area contributed by atoms with Crippen LogP contribution in [0.15, 0.2) is 30.9 Å². The molecule has 0 amide bonds. The molecule has 0 N–H and O–H groups in total. The zero-order chi connectivity index (χ0) is 18.6. The minimum Gasteiger partial charge on any atom is -0.334 e. The largest absolute Gasteiger partial charge is 0.334 e. The van der Waals surface area contributed by atoms with Gasteiger partial charge in [0.05, 0.1) is 6.54 Å². The monoisotopic (exact) mass is 368 g/mol. The van der Waals surface area contributed by atoms with Crippen LogP contribution in [0.1, 0.15) is 50.1 Å². The lowest BCUT2D eigenvalue weighted by Crippen LogP contribution is -2.34. The summed E-state index contributed by atoms with van der Waals surface area (Å²) in [5, 5.41) is 13.3. The predicted molar refractivity (Wildman–Crippen MR) is 102 cm³/mol. The van der Waals surface area contributed by atoms with Crippen LogP contribution in [0.25, 0.3) is 0 Å². The summed E-state index contributed by atoms with van der Waals surface area (Å²) in [4.78, 5) is 7.01. The summed E-state index contributed by atoms with van der Waals surface area (Å²) in [6.07, 6.45) is 9.96. The Bertz CT molecular complexity index is 839. The number of aromatic nitrogens is 7. The highest BCUT2D eigenvalue weighted by molar-refractivity contribution is 5.05. The van der Waals surface area contributed by atoms with Crippen molar-refractivity contribution in [1.29, 1.82) is 0 Å². The zero-order valence-electron chi connectivity index (χ0n) is 16.2. The Morgan fingerprint density at radius 3 is 2.52 bits per heavy atom. The Morgan fingerprint density at radius 2 is 1.81 bits per heavy atom. The summed E-state index contributed by atoms with van der Waals surface area (Å²) in [5.41, 5.74) is 0. The van der Waals surface area contributed by atoms with E-state index in [4.69, 9.17) is 0 Å². The van der Waals surface area contributed by atoms with Crippen molar-refractivity contribution >= 4 is 0 Å². The summed E-state index contributed by atoms with van der Waals surface area (Å²) in [6, 6.07) is 1.94. The number of piperidine rings is 1. The van der Waals surface area contributed by atoms with Gasteiger partial charge in [-0.2, -0.15) is 5.10 Å². The standard InChI is InChI=1S/C19H28N8/c1-3-25-13-9-20-17(25)14-24-11-6-16(7-12-24)19-23-22-18(27(19)4-2)15-26-10-5-8-21-26/h5,8-10,13,16H,3-4,6-7,11-12,14-15H2,1-2H3. The van der Waals surface area contributed by atoms with Crippen LogP contribution in [0.2, 0.25) is 0 Å². The maximum atomic E-state index is 4.56. The van der Waals surface area contributed by atoms with Gasteiger partial charge in [0, 0.05) is 43.8 Å². The van der Waals surface area contributed by atoms with Gasteiger partial charge >= 0.3 is 0 Å². The fourth-order valence-corrected chi connectivity index (χ4v) is 3.98. The van der Waals surface area contributed by atoms with E-state index in [9.17, 15) is 0 Å². The number of hydrogen-bond donors (Lipinski definition) is 0. The average molecular weight is 368 g/mol. The third-order valence-corrected chi connectivity index (χ3v) is 5.49. The first-order valence-electron chi connectivity index (χ1n) is 9.90. The fraction of sp³-hybridized carbons (Fsp3) is 0.579. The third kappa shape index (κ3) is 3.80. The van der Waals surface area contributed by atoms with Gasteiger partial charge in [0.25, 0.3) is 0 Å². The molecule has 8 nitrogen and oxygen atoms in total. The van der Waals surface area contributed by atoms with E-state index in [0.29, 0.717) is 12.5 Å². The topological polar surface area (TPSA) is 69.6 Å². The molecule has 0 unspecified atom stereocenters. The van der Waals surface area contributed by atoms with Crippen molar-refractivity contribution in [3.63, 3.8) is 0 Å². The Kier molecular flexibility index (Phi) is 5.33. The smallest absolute Gasteiger partial charge is 0.154 e. The molecule has 1 aliphatic rings. The van der Waals surface area contributed by atoms with Crippen LogP contribution in [0.4, 0.5) is 0 Å². The first kappa shape index (κ1) is 17.9. The summed E-state index contributed by atoms with van der Waals surface area (Å²) >= 11 is 0. The van der Waals surface area contributed by atoms with E-state index in [2.05, 4.69) is 54.4 Å². The van der Waals surface area contributed by atoms with Gasteiger partial charge in [-0.1, -0.05) is 0 Å². The van der Waals surface area contributed by atoms with Crippen molar-refractivity contribution in [2.24, 2.45) is 0 Å². The maximum absolute atomic E-state index is 4.56. The molecular weight excluding hydrogens is 340 g/mol. The Balaban J connectivity index is 1.40. The van der Waals surface area contributed by atoms with E-state index >= 15 is 0 Å². The molecule has 0 saturated carbocycles. The molecule has 0 aromatic carbocycles. The molecule has 8 heteroatoms. The molecule has 0 aliphatic carbocycles. The van der Waals surface area contributed by atoms with Crippen molar-refractivity contribution in [3.05, 3.63) is 48.3 Å². The van der Waals surface area contributed by atoms with Crippen molar-refractivity contribution in [3.8, 4) is 0 Å². The molecule has 1 fully saturated rings. The van der Waals surface area contributed by atoms with Crippen molar-refractivity contribution in [2.45, 2.75) is 58.8 Å². The summed E-state index contributed by atoms with van der Waals surface area (Å²) in [7, 11) is 0. The molecule has 4 heterocycles. The van der Waals surface area contributed by atoms with E-state index < -0.39 is 0 Å². The van der Waals surface area contributed by atoms with E-state index in [0.717, 1.165) is 63.0 Å². The van der Waals surface area contributed by atoms with Crippen molar-refractivity contribution < 1.29 is 0 Å². The lowest BCUT2D eigenvalue weighted by molar-refractivity contribution is 0.193. The number of hydrogen-bond acceptors (Lipinski definition) is 5. The molecule has 0 atom stereocenters. The van der Waals surface area contributed by atoms with Crippen LogP contribution in [-0.2, 0) is 26.2 Å². The minimum absolute atomic E-state index is 0.478. The Morgan fingerprint density at radius 1 is 0.963 bits per heavy atom. The fourth-order valence-electron chi connectivity index (χ4n) is 3.98. The lowest BCUT2D eigenvalue weighted by Gasteiger charge is -2.31. The van der Waals surface area contributed by atoms with E-state index in [1.54, 1.807) is 6.20 Å². The zero-order valence-corrected chi connectivity index (χ0v) is 16.2. The highest BCUT2D eigenvalue weighted by Gasteiger charge is 2.26. The first-order chi connectivity index (χ1) is 13.3. The molecular formula is C19H28N8. The number of rotatable bonds is 7. The van der Waals surface area contributed by atoms with Crippen molar-refractivity contribution in [2.75, 3.05) is 13.1 Å². The molecule has 3 aromatic heterocycles. The second-order valence-corrected chi connectivity index (χ2v) is 7.10. The Labute approximate surface area is 159 Å². The van der Waals surface area contributed by atoms with Gasteiger partial charge < -0.3 is 9.13 Å². The van der Waals surface area contributed by atoms with Gasteiger partial charge in [-0.25, -0.2) is 4.98 Å². The molecule has 27 heavy (non-hydrogen) atoms. The third-order valence-electron chi connectivity index (χ3n) is 5.49. The molecule has 1 aliphatic heterocycles. The molecule has 1 saturated heterocycles. The average Bonchev–Trinajstić information content (AvgIpc) is 3.44. The molecule has 0 spiro atoms. The van der Waals surface area contributed by atoms with E-state index in [1.807, 2.05) is 23.1 Å². The number of nitrogens with zero attached hydrogens (tertiary/aromatic N) is 8. The number of aryl methyl sites for hydroxylation is 1. The molecule has 4 rings (SSSR count). The first-order valence-corrected chi connectivity index (χ1v) is 9.90. The van der Waals surface area contributed by atoms with Crippen LogP contribution in [0, 0.1) is 0 Å². The van der Waals surface area contributed by atoms with Crippen molar-refractivity contribution in [1.82, 2.24) is 39.0 Å². The summed E-state index contributed by atoms with van der Waals surface area (Å²) in [5.74, 6) is 3.76. The maximum Gasteiger partial charge on any atom is 0.154 e. The Hall–Kier alpha value is -2.48. The van der Waals surface area contributed by atoms with Crippen LogP contribution < -0.4 is 0 Å². The molecule has 0 radical (unpaired) electrons. The molecule has 0 bridgehead atoms. The SMILES string of the molecule is CCn1ccnc1CN1CCC(c2nnc(Cn3cccn3)n2CC)CC1. The molecule has 3 aromatic rings. The lowest BCUT2D eigenvalue weighted by atomic mass is 9.96. The van der Waals surface area contributed by atoms with Crippen LogP contribution in [0.5, 0.6) is 0 Å². The second kappa shape index (κ2) is 8.04. The van der Waals surface area contributed by atoms with Gasteiger partial charge in [0.2, 0.25) is 0 Å². The predicted octanol–water partition coefficient (Wildman–Crippen LogP) is 2.14.